The topological polar surface area (TPSA) is 69.0 Å². The van der Waals surface area contributed by atoms with Crippen LogP contribution in [0.25, 0.3) is 11.3 Å². The van der Waals surface area contributed by atoms with Gasteiger partial charge in [0.25, 0.3) is 0 Å². The number of hydrogen-bond donors (Lipinski definition) is 1. The molecule has 8 heteroatoms. The van der Waals surface area contributed by atoms with Gasteiger partial charge in [-0.05, 0) is 31.2 Å². The lowest BCUT2D eigenvalue weighted by Gasteiger charge is -2.25. The first kappa shape index (κ1) is 25.2. The number of aliphatic hydroxyl groups is 1. The lowest BCUT2D eigenvalue weighted by molar-refractivity contribution is 0.0148. The van der Waals surface area contributed by atoms with E-state index in [-0.39, 0.29) is 6.61 Å². The number of hydrogen-bond acceptors (Lipinski definition) is 6. The summed E-state index contributed by atoms with van der Waals surface area (Å²) in [5.74, 6) is 1.31. The molecule has 0 amide bonds. The van der Waals surface area contributed by atoms with Gasteiger partial charge in [0, 0.05) is 51.0 Å². The van der Waals surface area contributed by atoms with E-state index in [0.29, 0.717) is 49.5 Å². The van der Waals surface area contributed by atoms with Gasteiger partial charge in [-0.15, -0.1) is 0 Å². The number of nitrogens with zero attached hydrogens (tertiary/aromatic N) is 3. The summed E-state index contributed by atoms with van der Waals surface area (Å²) in [5, 5.41) is 15.9. The van der Waals surface area contributed by atoms with E-state index in [0.717, 1.165) is 16.8 Å². The zero-order valence-corrected chi connectivity index (χ0v) is 20.2. The van der Waals surface area contributed by atoms with Crippen molar-refractivity contribution >= 4 is 11.6 Å². The number of halogens is 1. The lowest BCUT2D eigenvalue weighted by Crippen LogP contribution is -2.36. The fourth-order valence-electron chi connectivity index (χ4n) is 3.55. The summed E-state index contributed by atoms with van der Waals surface area (Å²) < 4.78 is 18.7. The van der Waals surface area contributed by atoms with Gasteiger partial charge in [0.05, 0.1) is 24.9 Å². The average Bonchev–Trinajstić information content (AvgIpc) is 3.13. The lowest BCUT2D eigenvalue weighted by atomic mass is 10.1. The largest absolute Gasteiger partial charge is 0.439 e. The summed E-state index contributed by atoms with van der Waals surface area (Å²) >= 11 is 6.04. The molecule has 1 aromatic heterocycles. The third kappa shape index (κ3) is 7.28. The van der Waals surface area contributed by atoms with Gasteiger partial charge < -0.3 is 19.3 Å². The van der Waals surface area contributed by atoms with Gasteiger partial charge in [-0.25, -0.2) is 4.68 Å². The van der Waals surface area contributed by atoms with E-state index in [4.69, 9.17) is 30.9 Å². The quantitative estimate of drug-likeness (QED) is 0.397. The number of aliphatic hydroxyl groups excluding tert-OH is 1. The standard InChI is InChI=1S/C25H32ClN3O4/c1-4-32-18-21(30)16-29(14-15-31-3)17-23-24(19-8-6-5-7-9-19)27-28(2)25(23)33-22-12-10-20(26)11-13-22/h5-13,21,30H,4,14-18H2,1-3H3/t21-/m1/s1. The highest BCUT2D eigenvalue weighted by Crippen LogP contribution is 2.34. The number of ether oxygens (including phenoxy) is 3. The van der Waals surface area contributed by atoms with E-state index in [9.17, 15) is 5.11 Å². The minimum atomic E-state index is -0.612. The molecule has 0 spiro atoms. The molecule has 0 unspecified atom stereocenters. The van der Waals surface area contributed by atoms with Gasteiger partial charge in [0.1, 0.15) is 11.4 Å². The van der Waals surface area contributed by atoms with Crippen LogP contribution in [0.3, 0.4) is 0 Å². The molecule has 3 rings (SSSR count). The Morgan fingerprint density at radius 2 is 1.85 bits per heavy atom. The number of aromatic nitrogens is 2. The molecule has 0 radical (unpaired) electrons. The van der Waals surface area contributed by atoms with Crippen molar-refractivity contribution in [1.82, 2.24) is 14.7 Å². The van der Waals surface area contributed by atoms with E-state index in [1.807, 2.05) is 56.4 Å². The zero-order valence-electron chi connectivity index (χ0n) is 19.4. The molecular weight excluding hydrogens is 442 g/mol. The van der Waals surface area contributed by atoms with Crippen LogP contribution in [-0.2, 0) is 23.1 Å². The van der Waals surface area contributed by atoms with Crippen LogP contribution in [0.5, 0.6) is 11.6 Å². The van der Waals surface area contributed by atoms with Gasteiger partial charge in [-0.2, -0.15) is 5.10 Å². The molecule has 0 bridgehead atoms. The molecule has 1 N–H and O–H groups in total. The Morgan fingerprint density at radius 1 is 1.12 bits per heavy atom. The van der Waals surface area contributed by atoms with Crippen LogP contribution in [0.1, 0.15) is 12.5 Å². The molecule has 0 aliphatic heterocycles. The monoisotopic (exact) mass is 473 g/mol. The van der Waals surface area contributed by atoms with E-state index in [2.05, 4.69) is 4.90 Å². The second kappa shape index (κ2) is 12.7. The second-order valence-electron chi connectivity index (χ2n) is 7.72. The van der Waals surface area contributed by atoms with Crippen LogP contribution in [0, 0.1) is 0 Å². The fourth-order valence-corrected chi connectivity index (χ4v) is 3.67. The predicted molar refractivity (Wildman–Crippen MR) is 130 cm³/mol. The third-order valence-corrected chi connectivity index (χ3v) is 5.39. The highest BCUT2D eigenvalue weighted by molar-refractivity contribution is 6.30. The summed E-state index contributed by atoms with van der Waals surface area (Å²) in [4.78, 5) is 2.13. The Morgan fingerprint density at radius 3 is 2.52 bits per heavy atom. The normalized spacial score (nSPS) is 12.3. The minimum absolute atomic E-state index is 0.284. The highest BCUT2D eigenvalue weighted by Gasteiger charge is 2.23. The van der Waals surface area contributed by atoms with Crippen molar-refractivity contribution in [2.75, 3.05) is 40.0 Å². The van der Waals surface area contributed by atoms with Crippen LogP contribution in [0.4, 0.5) is 0 Å². The van der Waals surface area contributed by atoms with E-state index >= 15 is 0 Å². The molecule has 0 fully saturated rings. The van der Waals surface area contributed by atoms with Gasteiger partial charge in [-0.3, -0.25) is 4.90 Å². The maximum Gasteiger partial charge on any atom is 0.222 e. The summed E-state index contributed by atoms with van der Waals surface area (Å²) in [6, 6.07) is 17.3. The van der Waals surface area contributed by atoms with E-state index in [1.165, 1.54) is 0 Å². The van der Waals surface area contributed by atoms with Crippen LogP contribution >= 0.6 is 11.6 Å². The van der Waals surface area contributed by atoms with Gasteiger partial charge in [0.2, 0.25) is 5.88 Å². The molecule has 7 nitrogen and oxygen atoms in total. The van der Waals surface area contributed by atoms with Crippen molar-refractivity contribution in [2.24, 2.45) is 7.05 Å². The maximum absolute atomic E-state index is 10.5. The van der Waals surface area contributed by atoms with Crippen molar-refractivity contribution in [3.8, 4) is 22.9 Å². The van der Waals surface area contributed by atoms with Gasteiger partial charge >= 0.3 is 0 Å². The number of aryl methyl sites for hydroxylation is 1. The molecule has 2 aromatic carbocycles. The summed E-state index contributed by atoms with van der Waals surface area (Å²) in [6.07, 6.45) is -0.612. The van der Waals surface area contributed by atoms with Crippen LogP contribution in [-0.4, -0.2) is 65.9 Å². The molecule has 33 heavy (non-hydrogen) atoms. The predicted octanol–water partition coefficient (Wildman–Crippen LogP) is 4.38. The Labute approximate surface area is 200 Å². The Hall–Kier alpha value is -2.42. The fraction of sp³-hybridized carbons (Fsp3) is 0.400. The van der Waals surface area contributed by atoms with E-state index < -0.39 is 6.10 Å². The average molecular weight is 474 g/mol. The first-order valence-corrected chi connectivity index (χ1v) is 11.4. The molecule has 0 saturated heterocycles. The van der Waals surface area contributed by atoms with Gasteiger partial charge in [0.15, 0.2) is 0 Å². The van der Waals surface area contributed by atoms with E-state index in [1.54, 1.807) is 23.9 Å². The van der Waals surface area contributed by atoms with Crippen LogP contribution in [0.2, 0.25) is 5.02 Å². The first-order chi connectivity index (χ1) is 16.0. The van der Waals surface area contributed by atoms with Crippen molar-refractivity contribution in [3.63, 3.8) is 0 Å². The SMILES string of the molecule is CCOC[C@H](O)CN(CCOC)Cc1c(-c2ccccc2)nn(C)c1Oc1ccc(Cl)cc1. The van der Waals surface area contributed by atoms with Crippen LogP contribution < -0.4 is 4.74 Å². The Kier molecular flexibility index (Phi) is 9.72. The number of rotatable bonds is 13. The zero-order chi connectivity index (χ0) is 23.6. The third-order valence-electron chi connectivity index (χ3n) is 5.14. The molecule has 178 valence electrons. The highest BCUT2D eigenvalue weighted by atomic mass is 35.5. The summed E-state index contributed by atoms with van der Waals surface area (Å²) in [6.45, 7) is 4.90. The molecule has 1 atom stereocenters. The van der Waals surface area contributed by atoms with Crippen molar-refractivity contribution in [3.05, 3.63) is 65.2 Å². The minimum Gasteiger partial charge on any atom is -0.439 e. The molecule has 0 aliphatic carbocycles. The number of benzene rings is 2. The molecular formula is C25H32ClN3O4. The smallest absolute Gasteiger partial charge is 0.222 e. The van der Waals surface area contributed by atoms with Crippen molar-refractivity contribution in [2.45, 2.75) is 19.6 Å². The molecule has 1 heterocycles. The second-order valence-corrected chi connectivity index (χ2v) is 8.16. The first-order valence-electron chi connectivity index (χ1n) is 11.0. The Balaban J connectivity index is 1.95. The van der Waals surface area contributed by atoms with Crippen molar-refractivity contribution < 1.29 is 19.3 Å². The summed E-state index contributed by atoms with van der Waals surface area (Å²) in [5.41, 5.74) is 2.76. The molecule has 0 aliphatic rings. The molecule has 0 saturated carbocycles. The van der Waals surface area contributed by atoms with Crippen molar-refractivity contribution in [1.29, 1.82) is 0 Å². The summed E-state index contributed by atoms with van der Waals surface area (Å²) in [7, 11) is 3.54. The Bertz CT molecular complexity index is 979. The van der Waals surface area contributed by atoms with Crippen LogP contribution in [0.15, 0.2) is 54.6 Å². The maximum atomic E-state index is 10.5. The molecule has 3 aromatic rings. The van der Waals surface area contributed by atoms with Gasteiger partial charge in [-0.1, -0.05) is 41.9 Å². The number of methoxy groups -OCH3 is 1.